The molecule has 0 bridgehead atoms. The summed E-state index contributed by atoms with van der Waals surface area (Å²) in [6.45, 7) is 2.53. The van der Waals surface area contributed by atoms with Crippen LogP contribution < -0.4 is 5.73 Å². The van der Waals surface area contributed by atoms with Gasteiger partial charge in [-0.2, -0.15) is 0 Å². The first-order valence-corrected chi connectivity index (χ1v) is 6.79. The number of halogens is 3. The first-order valence-electron chi connectivity index (χ1n) is 6.42. The highest BCUT2D eigenvalue weighted by Crippen LogP contribution is 2.31. The number of nitrogens with zero attached hydrogens (tertiary/aromatic N) is 2. The summed E-state index contributed by atoms with van der Waals surface area (Å²) >= 11 is 6.00. The molecule has 1 aromatic heterocycles. The number of anilines is 1. The molecule has 0 amide bonds. The summed E-state index contributed by atoms with van der Waals surface area (Å²) in [6, 6.07) is 7.34. The zero-order valence-electron chi connectivity index (χ0n) is 11.2. The van der Waals surface area contributed by atoms with Gasteiger partial charge in [-0.15, -0.1) is 0 Å². The molecule has 0 aliphatic carbocycles. The van der Waals surface area contributed by atoms with Gasteiger partial charge >= 0.3 is 0 Å². The Morgan fingerprint density at radius 3 is 2.62 bits per heavy atom. The lowest BCUT2D eigenvalue weighted by atomic mass is 10.1. The fourth-order valence-electron chi connectivity index (χ4n) is 2.38. The molecular formula is C15H12ClF2N3. The molecule has 6 heteroatoms. The van der Waals surface area contributed by atoms with E-state index in [1.165, 1.54) is 0 Å². The van der Waals surface area contributed by atoms with Crippen molar-refractivity contribution in [3.8, 4) is 11.4 Å². The van der Waals surface area contributed by atoms with Crippen LogP contribution in [0.4, 0.5) is 14.5 Å². The van der Waals surface area contributed by atoms with Crippen molar-refractivity contribution in [3.63, 3.8) is 0 Å². The number of rotatable bonds is 2. The summed E-state index contributed by atoms with van der Waals surface area (Å²) in [5.41, 5.74) is 7.86. The molecule has 0 atom stereocenters. The first-order chi connectivity index (χ1) is 10.0. The summed E-state index contributed by atoms with van der Waals surface area (Å²) in [5, 5.41) is 0.585. The van der Waals surface area contributed by atoms with Crippen LogP contribution in [0.2, 0.25) is 5.02 Å². The van der Waals surface area contributed by atoms with Crippen molar-refractivity contribution < 1.29 is 8.78 Å². The zero-order valence-corrected chi connectivity index (χ0v) is 12.0. The fourth-order valence-corrected chi connectivity index (χ4v) is 2.54. The SMILES string of the molecule is CCn1c(-c2cc(F)c(F)cc2N)nc2ccc(Cl)cc21. The summed E-state index contributed by atoms with van der Waals surface area (Å²) in [6.07, 6.45) is 0. The number of benzene rings is 2. The van der Waals surface area contributed by atoms with Crippen molar-refractivity contribution >= 4 is 28.3 Å². The standard InChI is InChI=1S/C15H12ClF2N3/c1-2-21-14-5-8(16)3-4-13(14)20-15(21)9-6-10(17)11(18)7-12(9)19/h3-7H,2,19H2,1H3. The molecule has 3 aromatic rings. The molecule has 0 spiro atoms. The highest BCUT2D eigenvalue weighted by atomic mass is 35.5. The van der Waals surface area contributed by atoms with Gasteiger partial charge in [-0.1, -0.05) is 11.6 Å². The topological polar surface area (TPSA) is 43.8 Å². The van der Waals surface area contributed by atoms with Crippen LogP contribution in [0.1, 0.15) is 6.92 Å². The molecule has 0 fully saturated rings. The highest BCUT2D eigenvalue weighted by Gasteiger charge is 2.16. The third-order valence-electron chi connectivity index (χ3n) is 3.36. The van der Waals surface area contributed by atoms with Gasteiger partial charge in [0.15, 0.2) is 11.6 Å². The number of fused-ring (bicyclic) bond motifs is 1. The molecule has 0 saturated carbocycles. The van der Waals surface area contributed by atoms with Crippen LogP contribution in [0.25, 0.3) is 22.4 Å². The van der Waals surface area contributed by atoms with Crippen molar-refractivity contribution in [3.05, 3.63) is 47.0 Å². The minimum absolute atomic E-state index is 0.144. The number of hydrogen-bond donors (Lipinski definition) is 1. The average molecular weight is 308 g/mol. The molecule has 21 heavy (non-hydrogen) atoms. The molecule has 0 saturated heterocycles. The number of aryl methyl sites for hydroxylation is 1. The largest absolute Gasteiger partial charge is 0.398 e. The predicted octanol–water partition coefficient (Wildman–Crippen LogP) is 4.24. The molecule has 0 aliphatic heterocycles. The predicted molar refractivity (Wildman–Crippen MR) is 80.2 cm³/mol. The van der Waals surface area contributed by atoms with E-state index >= 15 is 0 Å². The third-order valence-corrected chi connectivity index (χ3v) is 3.59. The lowest BCUT2D eigenvalue weighted by Crippen LogP contribution is -2.01. The van der Waals surface area contributed by atoms with E-state index in [-0.39, 0.29) is 5.69 Å². The maximum Gasteiger partial charge on any atom is 0.160 e. The molecule has 2 aromatic carbocycles. The lowest BCUT2D eigenvalue weighted by Gasteiger charge is -2.09. The zero-order chi connectivity index (χ0) is 15.1. The molecule has 3 nitrogen and oxygen atoms in total. The van der Waals surface area contributed by atoms with E-state index in [0.29, 0.717) is 23.0 Å². The van der Waals surface area contributed by atoms with Gasteiger partial charge in [-0.25, -0.2) is 13.8 Å². The minimum Gasteiger partial charge on any atom is -0.398 e. The Morgan fingerprint density at radius 2 is 1.90 bits per heavy atom. The van der Waals surface area contributed by atoms with Gasteiger partial charge in [0.05, 0.1) is 11.0 Å². The maximum atomic E-state index is 13.5. The average Bonchev–Trinajstić information content (AvgIpc) is 2.80. The molecular weight excluding hydrogens is 296 g/mol. The summed E-state index contributed by atoms with van der Waals surface area (Å²) in [4.78, 5) is 4.46. The van der Waals surface area contributed by atoms with Crippen molar-refractivity contribution in [1.82, 2.24) is 9.55 Å². The fraction of sp³-hybridized carbons (Fsp3) is 0.133. The molecule has 1 heterocycles. The van der Waals surface area contributed by atoms with E-state index < -0.39 is 11.6 Å². The van der Waals surface area contributed by atoms with Crippen LogP contribution in [-0.2, 0) is 6.54 Å². The quantitative estimate of drug-likeness (QED) is 0.720. The van der Waals surface area contributed by atoms with Crippen LogP contribution in [0.5, 0.6) is 0 Å². The van der Waals surface area contributed by atoms with Crippen LogP contribution in [0.15, 0.2) is 30.3 Å². The van der Waals surface area contributed by atoms with Crippen LogP contribution >= 0.6 is 11.6 Å². The second-order valence-electron chi connectivity index (χ2n) is 4.67. The molecule has 0 aliphatic rings. The van der Waals surface area contributed by atoms with Crippen LogP contribution in [0, 0.1) is 11.6 Å². The van der Waals surface area contributed by atoms with E-state index in [9.17, 15) is 8.78 Å². The van der Waals surface area contributed by atoms with Gasteiger partial charge in [0.2, 0.25) is 0 Å². The Labute approximate surface area is 125 Å². The van der Waals surface area contributed by atoms with Crippen LogP contribution in [0.3, 0.4) is 0 Å². The van der Waals surface area contributed by atoms with Gasteiger partial charge in [-0.05, 0) is 31.2 Å². The number of hydrogen-bond acceptors (Lipinski definition) is 2. The summed E-state index contributed by atoms with van der Waals surface area (Å²) in [5.74, 6) is -1.43. The van der Waals surface area contributed by atoms with E-state index in [1.54, 1.807) is 18.2 Å². The number of imidazole rings is 1. The van der Waals surface area contributed by atoms with Gasteiger partial charge in [-0.3, -0.25) is 0 Å². The number of aromatic nitrogens is 2. The van der Waals surface area contributed by atoms with E-state index in [4.69, 9.17) is 17.3 Å². The van der Waals surface area contributed by atoms with Crippen molar-refractivity contribution in [2.45, 2.75) is 13.5 Å². The number of nitrogens with two attached hydrogens (primary N) is 1. The lowest BCUT2D eigenvalue weighted by molar-refractivity contribution is 0.509. The minimum atomic E-state index is -0.974. The normalized spacial score (nSPS) is 11.2. The van der Waals surface area contributed by atoms with E-state index in [2.05, 4.69) is 4.98 Å². The Kier molecular flexibility index (Phi) is 3.29. The molecule has 3 rings (SSSR count). The Hall–Kier alpha value is -2.14. The molecule has 0 unspecified atom stereocenters. The monoisotopic (exact) mass is 307 g/mol. The van der Waals surface area contributed by atoms with Gasteiger partial charge in [0.25, 0.3) is 0 Å². The second kappa shape index (κ2) is 5.00. The Bertz CT molecular complexity index is 843. The second-order valence-corrected chi connectivity index (χ2v) is 5.10. The van der Waals surface area contributed by atoms with Gasteiger partial charge < -0.3 is 10.3 Å². The van der Waals surface area contributed by atoms with Crippen molar-refractivity contribution in [2.75, 3.05) is 5.73 Å². The summed E-state index contributed by atoms with van der Waals surface area (Å²) < 4.78 is 28.6. The van der Waals surface area contributed by atoms with Crippen molar-refractivity contribution in [1.29, 1.82) is 0 Å². The molecule has 0 radical (unpaired) electrons. The number of nitrogen functional groups attached to an aromatic ring is 1. The molecule has 108 valence electrons. The van der Waals surface area contributed by atoms with E-state index in [0.717, 1.165) is 23.2 Å². The summed E-state index contributed by atoms with van der Waals surface area (Å²) in [7, 11) is 0. The van der Waals surface area contributed by atoms with E-state index in [1.807, 2.05) is 11.5 Å². The third kappa shape index (κ3) is 2.23. The van der Waals surface area contributed by atoms with Gasteiger partial charge in [0.1, 0.15) is 5.82 Å². The Balaban J connectivity index is 2.32. The highest BCUT2D eigenvalue weighted by molar-refractivity contribution is 6.31. The van der Waals surface area contributed by atoms with Crippen molar-refractivity contribution in [2.24, 2.45) is 0 Å². The maximum absolute atomic E-state index is 13.5. The molecule has 2 N–H and O–H groups in total. The smallest absolute Gasteiger partial charge is 0.160 e. The Morgan fingerprint density at radius 1 is 1.19 bits per heavy atom. The first kappa shape index (κ1) is 13.8. The van der Waals surface area contributed by atoms with Gasteiger partial charge in [0, 0.05) is 28.9 Å². The van der Waals surface area contributed by atoms with Crippen LogP contribution in [-0.4, -0.2) is 9.55 Å².